The summed E-state index contributed by atoms with van der Waals surface area (Å²) in [6.45, 7) is 2.43. The topological polar surface area (TPSA) is 33.3 Å². The van der Waals surface area contributed by atoms with Crippen LogP contribution in [0.4, 0.5) is 13.2 Å². The third kappa shape index (κ3) is 6.46. The lowest BCUT2D eigenvalue weighted by atomic mass is 10.2. The zero-order valence-electron chi connectivity index (χ0n) is 10.2. The summed E-state index contributed by atoms with van der Waals surface area (Å²) in [7, 11) is 1.89. The molecule has 0 aliphatic rings. The summed E-state index contributed by atoms with van der Waals surface area (Å²) in [5.74, 6) is -0.193. The Hall–Kier alpha value is -1.27. The van der Waals surface area contributed by atoms with Gasteiger partial charge in [-0.3, -0.25) is 0 Å². The number of rotatable bonds is 7. The standard InChI is InChI=1S/C12H17F3N2O/c1-16-7-2-8-17-9-10-3-5-11(6-4-10)18-12(13,14)15/h3-6,16-17H,2,7-9H2,1H3. The maximum Gasteiger partial charge on any atom is 0.573 e. The quantitative estimate of drug-likeness (QED) is 0.740. The van der Waals surface area contributed by atoms with E-state index < -0.39 is 6.36 Å². The Morgan fingerprint density at radius 1 is 1.11 bits per heavy atom. The molecule has 0 unspecified atom stereocenters. The largest absolute Gasteiger partial charge is 0.573 e. The van der Waals surface area contributed by atoms with Crippen LogP contribution >= 0.6 is 0 Å². The molecule has 18 heavy (non-hydrogen) atoms. The zero-order valence-corrected chi connectivity index (χ0v) is 10.2. The maximum atomic E-state index is 11.9. The van der Waals surface area contributed by atoms with Crippen LogP contribution < -0.4 is 15.4 Å². The fraction of sp³-hybridized carbons (Fsp3) is 0.500. The van der Waals surface area contributed by atoms with Crippen LogP contribution in [0.1, 0.15) is 12.0 Å². The van der Waals surface area contributed by atoms with Crippen molar-refractivity contribution >= 4 is 0 Å². The molecule has 6 heteroatoms. The van der Waals surface area contributed by atoms with E-state index in [0.29, 0.717) is 6.54 Å². The minimum atomic E-state index is -4.63. The molecule has 0 aromatic heterocycles. The van der Waals surface area contributed by atoms with Crippen LogP contribution in [0.15, 0.2) is 24.3 Å². The predicted octanol–water partition coefficient (Wildman–Crippen LogP) is 2.28. The van der Waals surface area contributed by atoms with Crippen LogP contribution in [0, 0.1) is 0 Å². The second kappa shape index (κ2) is 7.23. The van der Waals surface area contributed by atoms with Crippen LogP contribution in [0.5, 0.6) is 5.75 Å². The summed E-state index contributed by atoms with van der Waals surface area (Å²) < 4.78 is 39.6. The van der Waals surface area contributed by atoms with E-state index in [4.69, 9.17) is 0 Å². The van der Waals surface area contributed by atoms with Gasteiger partial charge in [-0.1, -0.05) is 12.1 Å². The van der Waals surface area contributed by atoms with E-state index in [2.05, 4.69) is 15.4 Å². The molecule has 0 spiro atoms. The molecule has 0 radical (unpaired) electrons. The summed E-state index contributed by atoms with van der Waals surface area (Å²) in [4.78, 5) is 0. The van der Waals surface area contributed by atoms with Gasteiger partial charge in [-0.05, 0) is 44.3 Å². The lowest BCUT2D eigenvalue weighted by molar-refractivity contribution is -0.274. The second-order valence-electron chi connectivity index (χ2n) is 3.83. The number of nitrogens with one attached hydrogen (secondary N) is 2. The van der Waals surface area contributed by atoms with E-state index >= 15 is 0 Å². The first-order valence-corrected chi connectivity index (χ1v) is 5.71. The summed E-state index contributed by atoms with van der Waals surface area (Å²) in [5, 5.41) is 6.23. The van der Waals surface area contributed by atoms with Crippen molar-refractivity contribution in [2.75, 3.05) is 20.1 Å². The average molecular weight is 262 g/mol. The van der Waals surface area contributed by atoms with E-state index in [1.165, 1.54) is 12.1 Å². The van der Waals surface area contributed by atoms with Crippen molar-refractivity contribution in [2.24, 2.45) is 0 Å². The van der Waals surface area contributed by atoms with Gasteiger partial charge in [0.1, 0.15) is 5.75 Å². The van der Waals surface area contributed by atoms with Crippen LogP contribution in [0.2, 0.25) is 0 Å². The van der Waals surface area contributed by atoms with Crippen LogP contribution in [0.25, 0.3) is 0 Å². The number of ether oxygens (including phenoxy) is 1. The lowest BCUT2D eigenvalue weighted by Gasteiger charge is -2.09. The molecule has 0 atom stereocenters. The van der Waals surface area contributed by atoms with Crippen molar-refractivity contribution in [3.05, 3.63) is 29.8 Å². The van der Waals surface area contributed by atoms with E-state index in [1.807, 2.05) is 7.05 Å². The molecule has 0 fully saturated rings. The first-order valence-electron chi connectivity index (χ1n) is 5.71. The van der Waals surface area contributed by atoms with Gasteiger partial charge < -0.3 is 15.4 Å². The Bertz CT molecular complexity index is 338. The van der Waals surface area contributed by atoms with Crippen LogP contribution in [-0.2, 0) is 6.54 Å². The highest BCUT2D eigenvalue weighted by atomic mass is 19.4. The monoisotopic (exact) mass is 262 g/mol. The van der Waals surface area contributed by atoms with Gasteiger partial charge in [0.2, 0.25) is 0 Å². The first kappa shape index (κ1) is 14.8. The highest BCUT2D eigenvalue weighted by Crippen LogP contribution is 2.22. The van der Waals surface area contributed by atoms with Crippen LogP contribution in [0.3, 0.4) is 0 Å². The van der Waals surface area contributed by atoms with Crippen molar-refractivity contribution in [1.82, 2.24) is 10.6 Å². The van der Waals surface area contributed by atoms with Crippen LogP contribution in [-0.4, -0.2) is 26.5 Å². The van der Waals surface area contributed by atoms with Gasteiger partial charge in [0, 0.05) is 6.54 Å². The molecule has 0 saturated carbocycles. The Labute approximate surface area is 104 Å². The molecule has 1 aromatic carbocycles. The minimum absolute atomic E-state index is 0.193. The third-order valence-corrected chi connectivity index (χ3v) is 2.27. The van der Waals surface area contributed by atoms with Gasteiger partial charge >= 0.3 is 6.36 Å². The normalized spacial score (nSPS) is 11.6. The van der Waals surface area contributed by atoms with E-state index in [-0.39, 0.29) is 5.75 Å². The summed E-state index contributed by atoms with van der Waals surface area (Å²) in [6, 6.07) is 5.87. The lowest BCUT2D eigenvalue weighted by Crippen LogP contribution is -2.19. The number of alkyl halides is 3. The Morgan fingerprint density at radius 2 is 1.78 bits per heavy atom. The molecular weight excluding hydrogens is 245 g/mol. The number of halogens is 3. The molecule has 0 aliphatic carbocycles. The molecule has 0 heterocycles. The molecule has 0 saturated heterocycles. The number of benzene rings is 1. The SMILES string of the molecule is CNCCCNCc1ccc(OC(F)(F)F)cc1. The molecule has 0 amide bonds. The molecule has 0 bridgehead atoms. The molecule has 2 N–H and O–H groups in total. The highest BCUT2D eigenvalue weighted by Gasteiger charge is 2.30. The molecule has 0 aliphatic heterocycles. The van der Waals surface area contributed by atoms with E-state index in [9.17, 15) is 13.2 Å². The molecule has 1 aromatic rings. The summed E-state index contributed by atoms with van der Waals surface area (Å²) in [6.07, 6.45) is -3.63. The third-order valence-electron chi connectivity index (χ3n) is 2.27. The van der Waals surface area contributed by atoms with E-state index in [0.717, 1.165) is 25.1 Å². The fourth-order valence-corrected chi connectivity index (χ4v) is 1.43. The second-order valence-corrected chi connectivity index (χ2v) is 3.83. The Kier molecular flexibility index (Phi) is 5.94. The zero-order chi connectivity index (χ0) is 13.4. The smallest absolute Gasteiger partial charge is 0.406 e. The molecule has 102 valence electrons. The van der Waals surface area contributed by atoms with Gasteiger partial charge in [-0.25, -0.2) is 0 Å². The number of hydrogen-bond acceptors (Lipinski definition) is 3. The molecular formula is C12H17F3N2O. The maximum absolute atomic E-state index is 11.9. The minimum Gasteiger partial charge on any atom is -0.406 e. The summed E-state index contributed by atoms with van der Waals surface area (Å²) >= 11 is 0. The van der Waals surface area contributed by atoms with Crippen molar-refractivity contribution in [1.29, 1.82) is 0 Å². The summed E-state index contributed by atoms with van der Waals surface area (Å²) in [5.41, 5.74) is 0.925. The first-order chi connectivity index (χ1) is 8.51. The van der Waals surface area contributed by atoms with Gasteiger partial charge in [0.15, 0.2) is 0 Å². The molecule has 1 rings (SSSR count). The molecule has 3 nitrogen and oxygen atoms in total. The Morgan fingerprint density at radius 3 is 2.33 bits per heavy atom. The van der Waals surface area contributed by atoms with Crippen molar-refractivity contribution in [3.63, 3.8) is 0 Å². The van der Waals surface area contributed by atoms with Gasteiger partial charge in [0.25, 0.3) is 0 Å². The van der Waals surface area contributed by atoms with Gasteiger partial charge in [0.05, 0.1) is 0 Å². The predicted molar refractivity (Wildman–Crippen MR) is 63.4 cm³/mol. The van der Waals surface area contributed by atoms with Crippen molar-refractivity contribution in [3.8, 4) is 5.75 Å². The highest BCUT2D eigenvalue weighted by molar-refractivity contribution is 5.27. The van der Waals surface area contributed by atoms with Gasteiger partial charge in [-0.15, -0.1) is 13.2 Å². The number of hydrogen-bond donors (Lipinski definition) is 2. The van der Waals surface area contributed by atoms with Gasteiger partial charge in [-0.2, -0.15) is 0 Å². The fourth-order valence-electron chi connectivity index (χ4n) is 1.43. The average Bonchev–Trinajstić information content (AvgIpc) is 2.29. The van der Waals surface area contributed by atoms with E-state index in [1.54, 1.807) is 12.1 Å². The van der Waals surface area contributed by atoms with Crippen molar-refractivity contribution < 1.29 is 17.9 Å². The van der Waals surface area contributed by atoms with Crippen molar-refractivity contribution in [2.45, 2.75) is 19.3 Å². The Balaban J connectivity index is 2.32.